The molecule has 0 aliphatic heterocycles. The largest absolute Gasteiger partial charge is 0.322 e. The maximum atomic E-state index is 15.2. The number of allylic oxidation sites excluding steroid dienone is 4. The molecule has 0 amide bonds. The fourth-order valence-electron chi connectivity index (χ4n) is 6.47. The fraction of sp³-hybridized carbons (Fsp3) is 0.833. The molecule has 1 rings (SSSR count). The third-order valence-electron chi connectivity index (χ3n) is 7.06. The molecule has 4 heteroatoms. The summed E-state index contributed by atoms with van der Waals surface area (Å²) in [5.41, 5.74) is 0. The Hall–Kier alpha value is -0.0600. The van der Waals surface area contributed by atoms with E-state index < -0.39 is 45.2 Å². The number of hydrogen-bond acceptors (Lipinski definition) is 2. The number of rotatable bonds is 2. The molecule has 0 aromatic rings. The molecule has 0 spiro atoms. The summed E-state index contributed by atoms with van der Waals surface area (Å²) in [5, 5.41) is -3.12. The molecule has 0 saturated carbocycles. The quantitative estimate of drug-likeness (QED) is 0.413. The highest BCUT2D eigenvalue weighted by molar-refractivity contribution is 7.73. The monoisotopic (exact) mass is 428 g/mol. The Labute approximate surface area is 175 Å². The van der Waals surface area contributed by atoms with Gasteiger partial charge in [0.25, 0.3) is 0 Å². The number of hydrogen-bond donors (Lipinski definition) is 0. The van der Waals surface area contributed by atoms with Crippen molar-refractivity contribution in [1.82, 2.24) is 0 Å². The van der Waals surface area contributed by atoms with Crippen molar-refractivity contribution < 1.29 is 9.13 Å². The van der Waals surface area contributed by atoms with Gasteiger partial charge in [-0.1, -0.05) is 107 Å². The van der Waals surface area contributed by atoms with Crippen LogP contribution >= 0.6 is 14.3 Å². The molecule has 1 aliphatic carbocycles. The van der Waals surface area contributed by atoms with Crippen LogP contribution in [0.4, 0.5) is 0 Å². The van der Waals surface area contributed by atoms with E-state index >= 15 is 9.13 Å². The second-order valence-electron chi connectivity index (χ2n) is 12.9. The van der Waals surface area contributed by atoms with E-state index in [0.29, 0.717) is 0 Å². The molecule has 2 nitrogen and oxygen atoms in total. The fourth-order valence-corrected chi connectivity index (χ4v) is 18.9. The van der Waals surface area contributed by atoms with Crippen LogP contribution < -0.4 is 0 Å². The molecule has 2 unspecified atom stereocenters. The highest BCUT2D eigenvalue weighted by Gasteiger charge is 2.71. The second-order valence-corrected chi connectivity index (χ2v) is 22.6. The minimum absolute atomic E-state index is 0.419. The van der Waals surface area contributed by atoms with Crippen molar-refractivity contribution in [2.45, 2.75) is 128 Å². The summed E-state index contributed by atoms with van der Waals surface area (Å²) in [5.74, 6) is 0. The summed E-state index contributed by atoms with van der Waals surface area (Å²) < 4.78 is 30.5. The molecule has 28 heavy (non-hydrogen) atoms. The van der Waals surface area contributed by atoms with Gasteiger partial charge in [0.05, 0.1) is 10.3 Å². The molecule has 164 valence electrons. The van der Waals surface area contributed by atoms with Crippen LogP contribution in [0.1, 0.15) is 96.9 Å². The molecule has 0 aromatic carbocycles. The smallest absolute Gasteiger partial charge is 0.108 e. The van der Waals surface area contributed by atoms with Crippen LogP contribution in [0.2, 0.25) is 0 Å². The van der Waals surface area contributed by atoms with E-state index in [4.69, 9.17) is 0 Å². The zero-order chi connectivity index (χ0) is 22.8. The minimum atomic E-state index is -2.94. The van der Waals surface area contributed by atoms with E-state index in [1.807, 2.05) is 12.2 Å². The van der Waals surface area contributed by atoms with Crippen molar-refractivity contribution in [3.05, 3.63) is 24.3 Å². The van der Waals surface area contributed by atoms with Gasteiger partial charge in [0.1, 0.15) is 14.3 Å². The predicted octanol–water partition coefficient (Wildman–Crippen LogP) is 8.55. The lowest BCUT2D eigenvalue weighted by molar-refractivity contribution is 0.434. The third kappa shape index (κ3) is 3.12. The maximum absolute atomic E-state index is 15.2. The third-order valence-corrected chi connectivity index (χ3v) is 18.6. The second kappa shape index (κ2) is 6.72. The first-order chi connectivity index (χ1) is 12.0. The van der Waals surface area contributed by atoms with Crippen molar-refractivity contribution >= 4 is 14.3 Å². The minimum Gasteiger partial charge on any atom is -0.322 e. The lowest BCUT2D eigenvalue weighted by Gasteiger charge is -2.63. The van der Waals surface area contributed by atoms with Gasteiger partial charge in [0, 0.05) is 20.6 Å². The Morgan fingerprint density at radius 2 is 0.679 bits per heavy atom. The first-order valence-corrected chi connectivity index (χ1v) is 13.9. The first kappa shape index (κ1) is 26.0. The van der Waals surface area contributed by atoms with Crippen LogP contribution in [0.25, 0.3) is 0 Å². The average Bonchev–Trinajstić information content (AvgIpc) is 2.43. The van der Waals surface area contributed by atoms with Crippen molar-refractivity contribution in [3.8, 4) is 0 Å². The Morgan fingerprint density at radius 1 is 0.500 bits per heavy atom. The normalized spacial score (nSPS) is 27.9. The van der Waals surface area contributed by atoms with Crippen molar-refractivity contribution in [3.63, 3.8) is 0 Å². The Morgan fingerprint density at radius 3 is 0.821 bits per heavy atom. The van der Waals surface area contributed by atoms with Crippen molar-refractivity contribution in [2.24, 2.45) is 0 Å². The van der Waals surface area contributed by atoms with E-state index in [1.54, 1.807) is 0 Å². The molecule has 0 saturated heterocycles. The highest BCUT2D eigenvalue weighted by Crippen LogP contribution is 2.86. The van der Waals surface area contributed by atoms with E-state index in [0.717, 1.165) is 0 Å². The zero-order valence-corrected chi connectivity index (χ0v) is 22.8. The SMILES string of the molecule is CC(C)(C)P(=O)(C(C)(C)C)C1(C)C=CC=CC1(C)P(=O)(C(C)(C)C)C(C)(C)C. The topological polar surface area (TPSA) is 34.1 Å². The lowest BCUT2D eigenvalue weighted by atomic mass is 9.89. The molecule has 2 atom stereocenters. The van der Waals surface area contributed by atoms with Crippen molar-refractivity contribution in [1.29, 1.82) is 0 Å². The van der Waals surface area contributed by atoms with E-state index in [-0.39, 0.29) is 0 Å². The van der Waals surface area contributed by atoms with Crippen LogP contribution in [0.5, 0.6) is 0 Å². The molecule has 0 heterocycles. The summed E-state index contributed by atoms with van der Waals surface area (Å²) in [6.07, 6.45) is 8.27. The molecule has 0 N–H and O–H groups in total. The van der Waals surface area contributed by atoms with Gasteiger partial charge >= 0.3 is 0 Å². The molecule has 0 radical (unpaired) electrons. The Balaban J connectivity index is 4.20. The molecule has 0 aromatic heterocycles. The zero-order valence-electron chi connectivity index (χ0n) is 21.0. The van der Waals surface area contributed by atoms with Gasteiger partial charge in [0.15, 0.2) is 0 Å². The summed E-state index contributed by atoms with van der Waals surface area (Å²) in [4.78, 5) is 0. The van der Waals surface area contributed by atoms with Crippen LogP contribution in [-0.4, -0.2) is 30.9 Å². The summed E-state index contributed by atoms with van der Waals surface area (Å²) >= 11 is 0. The van der Waals surface area contributed by atoms with Gasteiger partial charge in [-0.15, -0.1) is 0 Å². The van der Waals surface area contributed by atoms with E-state index in [1.165, 1.54) is 0 Å². The van der Waals surface area contributed by atoms with Gasteiger partial charge < -0.3 is 9.13 Å². The van der Waals surface area contributed by atoms with Crippen LogP contribution in [0.3, 0.4) is 0 Å². The van der Waals surface area contributed by atoms with Crippen LogP contribution in [0, 0.1) is 0 Å². The van der Waals surface area contributed by atoms with Gasteiger partial charge in [0.2, 0.25) is 0 Å². The molecular formula is C24H46O2P2. The molecule has 1 aliphatic rings. The summed E-state index contributed by atoms with van der Waals surface area (Å²) in [6, 6.07) is 0. The predicted molar refractivity (Wildman–Crippen MR) is 129 cm³/mol. The Kier molecular flexibility index (Phi) is 6.23. The van der Waals surface area contributed by atoms with Gasteiger partial charge in [-0.05, 0) is 13.8 Å². The van der Waals surface area contributed by atoms with Crippen molar-refractivity contribution in [2.75, 3.05) is 0 Å². The maximum Gasteiger partial charge on any atom is 0.108 e. The van der Waals surface area contributed by atoms with E-state index in [9.17, 15) is 0 Å². The average molecular weight is 429 g/mol. The standard InChI is InChI=1S/C24H46O2P2/c1-19(2,3)27(25,20(4,5)6)23(13)17-15-16-18-24(23,14)28(26,21(7,8)9)22(10,11)12/h15-18H,1-14H3. The van der Waals surface area contributed by atoms with Gasteiger partial charge in [-0.2, -0.15) is 0 Å². The van der Waals surface area contributed by atoms with Crippen LogP contribution in [-0.2, 0) is 9.13 Å². The summed E-state index contributed by atoms with van der Waals surface area (Å²) in [7, 11) is -5.88. The molecule has 0 fully saturated rings. The first-order valence-electron chi connectivity index (χ1n) is 10.5. The van der Waals surface area contributed by atoms with Crippen LogP contribution in [0.15, 0.2) is 24.3 Å². The highest BCUT2D eigenvalue weighted by atomic mass is 31.2. The molecular weight excluding hydrogens is 382 g/mol. The van der Waals surface area contributed by atoms with Gasteiger partial charge in [-0.25, -0.2) is 0 Å². The molecule has 0 bridgehead atoms. The van der Waals surface area contributed by atoms with E-state index in [2.05, 4.69) is 109 Å². The lowest BCUT2D eigenvalue weighted by Crippen LogP contribution is -2.58. The summed E-state index contributed by atoms with van der Waals surface area (Å²) in [6.45, 7) is 29.4. The van der Waals surface area contributed by atoms with Gasteiger partial charge in [-0.3, -0.25) is 0 Å². The Bertz CT molecular complexity index is 658.